The van der Waals surface area contributed by atoms with Gasteiger partial charge in [-0.1, -0.05) is 38.5 Å². The highest BCUT2D eigenvalue weighted by atomic mass is 16.5. The second-order valence-corrected chi connectivity index (χ2v) is 11.3. The molecule has 0 saturated heterocycles. The number of rotatable bonds is 7. The number of ether oxygens (including phenoxy) is 1. The van der Waals surface area contributed by atoms with Gasteiger partial charge >= 0.3 is 0 Å². The largest absolute Gasteiger partial charge is 0.483 e. The molecule has 0 spiro atoms. The third kappa shape index (κ3) is 4.91. The lowest BCUT2D eigenvalue weighted by Crippen LogP contribution is -2.54. The first-order valence-electron chi connectivity index (χ1n) is 11.9. The number of hydrogen-bond acceptors (Lipinski definition) is 3. The number of carbonyl (C=O) groups excluding carboxylic acids is 2. The van der Waals surface area contributed by atoms with Gasteiger partial charge in [0, 0.05) is 18.5 Å². The Morgan fingerprint density at radius 2 is 1.58 bits per heavy atom. The van der Waals surface area contributed by atoms with Gasteiger partial charge in [-0.2, -0.15) is 0 Å². The molecule has 1 aromatic carbocycles. The zero-order chi connectivity index (χ0) is 22.2. The summed E-state index contributed by atoms with van der Waals surface area (Å²) in [5.41, 5.74) is 2.09. The van der Waals surface area contributed by atoms with Gasteiger partial charge < -0.3 is 15.4 Å². The highest BCUT2D eigenvalue weighted by Crippen LogP contribution is 2.60. The minimum Gasteiger partial charge on any atom is -0.483 e. The molecule has 0 unspecified atom stereocenters. The molecule has 5 rings (SSSR count). The summed E-state index contributed by atoms with van der Waals surface area (Å²) < 4.78 is 5.82. The van der Waals surface area contributed by atoms with Crippen molar-refractivity contribution in [2.45, 2.75) is 71.6 Å². The summed E-state index contributed by atoms with van der Waals surface area (Å²) in [5.74, 6) is 3.08. The molecule has 0 atom stereocenters. The molecule has 0 heterocycles. The molecule has 1 aromatic rings. The van der Waals surface area contributed by atoms with Crippen LogP contribution >= 0.6 is 0 Å². The van der Waals surface area contributed by atoms with E-state index in [1.165, 1.54) is 24.8 Å². The molecule has 4 bridgehead atoms. The topological polar surface area (TPSA) is 67.4 Å². The molecule has 2 amide bonds. The van der Waals surface area contributed by atoms with Gasteiger partial charge in [-0.3, -0.25) is 9.59 Å². The molecule has 5 heteroatoms. The summed E-state index contributed by atoms with van der Waals surface area (Å²) in [4.78, 5) is 25.2. The molecule has 31 heavy (non-hydrogen) atoms. The van der Waals surface area contributed by atoms with Gasteiger partial charge in [-0.05, 0) is 80.2 Å². The number of aryl methyl sites for hydroxylation is 1. The van der Waals surface area contributed by atoms with E-state index in [4.69, 9.17) is 4.74 Å². The third-order valence-electron chi connectivity index (χ3n) is 7.55. The number of amides is 2. The molecule has 0 radical (unpaired) electrons. The predicted molar refractivity (Wildman–Crippen MR) is 122 cm³/mol. The van der Waals surface area contributed by atoms with E-state index in [9.17, 15) is 9.59 Å². The van der Waals surface area contributed by atoms with Crippen LogP contribution in [0.4, 0.5) is 0 Å². The first-order chi connectivity index (χ1) is 14.6. The van der Waals surface area contributed by atoms with Crippen molar-refractivity contribution in [1.29, 1.82) is 0 Å². The Labute approximate surface area is 186 Å². The van der Waals surface area contributed by atoms with E-state index < -0.39 is 0 Å². The molecule has 5 nitrogen and oxygen atoms in total. The van der Waals surface area contributed by atoms with Crippen LogP contribution in [-0.4, -0.2) is 31.5 Å². The van der Waals surface area contributed by atoms with Crippen LogP contribution < -0.4 is 15.4 Å². The fourth-order valence-electron chi connectivity index (χ4n) is 6.50. The van der Waals surface area contributed by atoms with Crippen LogP contribution in [0.2, 0.25) is 0 Å². The van der Waals surface area contributed by atoms with Crippen LogP contribution in [0.5, 0.6) is 5.75 Å². The van der Waals surface area contributed by atoms with Crippen molar-refractivity contribution in [2.24, 2.45) is 23.2 Å². The summed E-state index contributed by atoms with van der Waals surface area (Å²) in [6.07, 6.45) is 7.20. The van der Waals surface area contributed by atoms with E-state index in [2.05, 4.69) is 44.4 Å². The fourth-order valence-corrected chi connectivity index (χ4v) is 6.50. The van der Waals surface area contributed by atoms with Crippen LogP contribution in [0.1, 0.15) is 70.4 Å². The van der Waals surface area contributed by atoms with Crippen molar-refractivity contribution in [3.05, 3.63) is 29.3 Å². The van der Waals surface area contributed by atoms with Crippen molar-refractivity contribution in [1.82, 2.24) is 10.6 Å². The van der Waals surface area contributed by atoms with E-state index in [1.807, 2.05) is 12.1 Å². The molecule has 4 aliphatic rings. The summed E-state index contributed by atoms with van der Waals surface area (Å²) in [6.45, 7) is 9.37. The van der Waals surface area contributed by atoms with Crippen LogP contribution in [-0.2, 0) is 15.0 Å². The van der Waals surface area contributed by atoms with Gasteiger partial charge in [-0.15, -0.1) is 0 Å². The molecule has 0 aliphatic heterocycles. The zero-order valence-corrected chi connectivity index (χ0v) is 19.6. The fraction of sp³-hybridized carbons (Fsp3) is 0.692. The highest BCUT2D eigenvalue weighted by molar-refractivity contribution is 5.83. The molecule has 2 N–H and O–H groups in total. The lowest BCUT2D eigenvalue weighted by molar-refractivity contribution is -0.146. The Hall–Kier alpha value is -2.04. The molecule has 170 valence electrons. The number of hydrogen-bond donors (Lipinski definition) is 2. The minimum atomic E-state index is -0.163. The van der Waals surface area contributed by atoms with Crippen molar-refractivity contribution in [3.63, 3.8) is 0 Å². The van der Waals surface area contributed by atoms with E-state index in [0.29, 0.717) is 13.1 Å². The SMILES string of the molecule is Cc1ccc(OCC(=O)NCCNC(=O)C23CC4CC(CC(C4)C2)C3)c(C(C)(C)C)c1. The third-order valence-corrected chi connectivity index (χ3v) is 7.55. The second kappa shape index (κ2) is 8.48. The Morgan fingerprint density at radius 1 is 1.00 bits per heavy atom. The van der Waals surface area contributed by atoms with Crippen LogP contribution in [0.3, 0.4) is 0 Å². The standard InChI is InChI=1S/C26H38N2O3/c1-17-5-6-22(21(9-17)25(2,3)4)31-16-23(29)27-7-8-28-24(30)26-13-18-10-19(14-26)12-20(11-18)15-26/h5-6,9,18-20H,7-8,10-16H2,1-4H3,(H,27,29)(H,28,30). The molecular formula is C26H38N2O3. The molecule has 4 saturated carbocycles. The lowest BCUT2D eigenvalue weighted by atomic mass is 9.49. The minimum absolute atomic E-state index is 0.0188. The maximum atomic E-state index is 13.0. The highest BCUT2D eigenvalue weighted by Gasteiger charge is 2.54. The Morgan fingerprint density at radius 3 is 2.16 bits per heavy atom. The molecular weight excluding hydrogens is 388 g/mol. The van der Waals surface area contributed by atoms with Gasteiger partial charge in [-0.25, -0.2) is 0 Å². The van der Waals surface area contributed by atoms with Crippen molar-refractivity contribution in [2.75, 3.05) is 19.7 Å². The molecule has 0 aromatic heterocycles. The average molecular weight is 427 g/mol. The van der Waals surface area contributed by atoms with Crippen LogP contribution in [0, 0.1) is 30.1 Å². The summed E-state index contributed by atoms with van der Waals surface area (Å²) in [5, 5.41) is 5.98. The van der Waals surface area contributed by atoms with Gasteiger partial charge in [0.05, 0.1) is 0 Å². The zero-order valence-electron chi connectivity index (χ0n) is 19.6. The van der Waals surface area contributed by atoms with Gasteiger partial charge in [0.25, 0.3) is 5.91 Å². The normalized spacial score (nSPS) is 29.0. The van der Waals surface area contributed by atoms with Crippen molar-refractivity contribution < 1.29 is 14.3 Å². The van der Waals surface area contributed by atoms with Gasteiger partial charge in [0.2, 0.25) is 5.91 Å². The monoisotopic (exact) mass is 426 g/mol. The van der Waals surface area contributed by atoms with Gasteiger partial charge in [0.1, 0.15) is 5.75 Å². The van der Waals surface area contributed by atoms with E-state index in [0.717, 1.165) is 48.3 Å². The summed E-state index contributed by atoms with van der Waals surface area (Å²) >= 11 is 0. The first-order valence-corrected chi connectivity index (χ1v) is 11.9. The Kier molecular flexibility index (Phi) is 6.06. The van der Waals surface area contributed by atoms with Gasteiger partial charge in [0.15, 0.2) is 6.61 Å². The summed E-state index contributed by atoms with van der Waals surface area (Å²) in [6, 6.07) is 6.06. The average Bonchev–Trinajstić information content (AvgIpc) is 2.68. The van der Waals surface area contributed by atoms with Crippen molar-refractivity contribution in [3.8, 4) is 5.75 Å². The maximum Gasteiger partial charge on any atom is 0.258 e. The lowest BCUT2D eigenvalue weighted by Gasteiger charge is -2.55. The van der Waals surface area contributed by atoms with E-state index >= 15 is 0 Å². The van der Waals surface area contributed by atoms with Crippen LogP contribution in [0.25, 0.3) is 0 Å². The Bertz CT molecular complexity index is 804. The van der Waals surface area contributed by atoms with Crippen molar-refractivity contribution >= 4 is 11.8 Å². The predicted octanol–water partition coefficient (Wildman–Crippen LogP) is 4.12. The number of nitrogens with one attached hydrogen (secondary N) is 2. The number of benzene rings is 1. The first kappa shape index (κ1) is 22.2. The second-order valence-electron chi connectivity index (χ2n) is 11.3. The molecule has 4 fully saturated rings. The molecule has 4 aliphatic carbocycles. The van der Waals surface area contributed by atoms with E-state index in [1.54, 1.807) is 0 Å². The van der Waals surface area contributed by atoms with E-state index in [-0.39, 0.29) is 29.3 Å². The maximum absolute atomic E-state index is 13.0. The van der Waals surface area contributed by atoms with Crippen LogP contribution in [0.15, 0.2) is 18.2 Å². The Balaban J connectivity index is 1.21. The summed E-state index contributed by atoms with van der Waals surface area (Å²) in [7, 11) is 0. The quantitative estimate of drug-likeness (QED) is 0.645. The number of carbonyl (C=O) groups is 2. The smallest absolute Gasteiger partial charge is 0.258 e.